The molecule has 0 spiro atoms. The van der Waals surface area contributed by atoms with Crippen LogP contribution in [-0.4, -0.2) is 51.3 Å². The first kappa shape index (κ1) is 21.7. The van der Waals surface area contributed by atoms with Crippen LogP contribution in [0.4, 0.5) is 14.6 Å². The second-order valence-electron chi connectivity index (χ2n) is 8.06. The van der Waals surface area contributed by atoms with Gasteiger partial charge >= 0.3 is 0 Å². The van der Waals surface area contributed by atoms with Crippen molar-refractivity contribution >= 4 is 49.7 Å². The first-order chi connectivity index (χ1) is 15.6. The summed E-state index contributed by atoms with van der Waals surface area (Å²) in [6.45, 7) is 1.38. The molecule has 1 aliphatic carbocycles. The van der Waals surface area contributed by atoms with Crippen molar-refractivity contribution < 1.29 is 22.0 Å². The van der Waals surface area contributed by atoms with Gasteiger partial charge in [-0.2, -0.15) is 5.10 Å². The van der Waals surface area contributed by atoms with Gasteiger partial charge in [0.15, 0.2) is 21.3 Å². The van der Waals surface area contributed by atoms with E-state index in [0.717, 1.165) is 6.26 Å². The quantitative estimate of drug-likeness (QED) is 0.438. The molecule has 5 rings (SSSR count). The average molecular weight is 495 g/mol. The van der Waals surface area contributed by atoms with Crippen molar-refractivity contribution in [2.75, 3.05) is 11.6 Å². The fourth-order valence-corrected chi connectivity index (χ4v) is 4.68. The maximum absolute atomic E-state index is 15.3. The largest absolute Gasteiger partial charge is 0.309 e. The van der Waals surface area contributed by atoms with E-state index in [-0.39, 0.29) is 39.6 Å². The molecule has 13 heteroatoms. The number of nitrogens with one attached hydrogen (secondary N) is 2. The molecule has 9 nitrogen and oxygen atoms in total. The summed E-state index contributed by atoms with van der Waals surface area (Å²) in [5.41, 5.74) is 0.998. The Morgan fingerprint density at radius 3 is 2.76 bits per heavy atom. The van der Waals surface area contributed by atoms with Crippen molar-refractivity contribution in [2.45, 2.75) is 24.8 Å². The SMILES string of the molecule is CC(c1c(F)c(Cl)c(-c2cn3cc(NC(=O)[C@@H]4C[C@@H]4F)nc3cn2)c2cn[nH]c12)S(C)(=O)=O. The van der Waals surface area contributed by atoms with Crippen LogP contribution in [-0.2, 0) is 14.6 Å². The first-order valence-electron chi connectivity index (χ1n) is 9.89. The van der Waals surface area contributed by atoms with Crippen LogP contribution >= 0.6 is 11.6 Å². The molecule has 1 saturated carbocycles. The molecule has 33 heavy (non-hydrogen) atoms. The lowest BCUT2D eigenvalue weighted by Gasteiger charge is -2.16. The molecule has 4 aromatic rings. The molecule has 1 amide bonds. The van der Waals surface area contributed by atoms with Crippen LogP contribution in [0.1, 0.15) is 24.2 Å². The third-order valence-corrected chi connectivity index (χ3v) is 7.65. The molecule has 0 bridgehead atoms. The van der Waals surface area contributed by atoms with E-state index < -0.39 is 38.9 Å². The molecular weight excluding hydrogens is 478 g/mol. The van der Waals surface area contributed by atoms with Gasteiger partial charge < -0.3 is 9.72 Å². The Bertz CT molecular complexity index is 1550. The molecule has 1 unspecified atom stereocenters. The van der Waals surface area contributed by atoms with Crippen LogP contribution in [0.15, 0.2) is 24.8 Å². The highest BCUT2D eigenvalue weighted by atomic mass is 35.5. The van der Waals surface area contributed by atoms with Gasteiger partial charge in [0.05, 0.1) is 46.0 Å². The van der Waals surface area contributed by atoms with Crippen molar-refractivity contribution in [3.63, 3.8) is 0 Å². The van der Waals surface area contributed by atoms with Crippen LogP contribution in [0, 0.1) is 11.7 Å². The predicted molar refractivity (Wildman–Crippen MR) is 118 cm³/mol. The molecule has 1 fully saturated rings. The second-order valence-corrected chi connectivity index (χ2v) is 10.8. The number of carbonyl (C=O) groups is 1. The third-order valence-electron chi connectivity index (χ3n) is 5.77. The van der Waals surface area contributed by atoms with Crippen molar-refractivity contribution in [3.05, 3.63) is 41.2 Å². The Balaban J connectivity index is 1.60. The minimum absolute atomic E-state index is 0.0984. The summed E-state index contributed by atoms with van der Waals surface area (Å²) in [5.74, 6) is -1.76. The van der Waals surface area contributed by atoms with Crippen LogP contribution < -0.4 is 5.32 Å². The zero-order chi connectivity index (χ0) is 23.7. The minimum Gasteiger partial charge on any atom is -0.309 e. The van der Waals surface area contributed by atoms with Crippen LogP contribution in [0.2, 0.25) is 5.02 Å². The van der Waals surface area contributed by atoms with E-state index >= 15 is 4.39 Å². The molecule has 172 valence electrons. The van der Waals surface area contributed by atoms with Gasteiger partial charge in [-0.25, -0.2) is 22.2 Å². The molecule has 0 saturated heterocycles. The number of fused-ring (bicyclic) bond motifs is 2. The van der Waals surface area contributed by atoms with Gasteiger partial charge in [-0.05, 0) is 13.3 Å². The van der Waals surface area contributed by atoms with E-state index in [0.29, 0.717) is 11.0 Å². The van der Waals surface area contributed by atoms with E-state index in [1.807, 2.05) is 0 Å². The Hall–Kier alpha value is -3.12. The van der Waals surface area contributed by atoms with Gasteiger partial charge in [0.25, 0.3) is 0 Å². The number of alkyl halides is 1. The molecule has 1 aromatic carbocycles. The molecule has 3 atom stereocenters. The van der Waals surface area contributed by atoms with Crippen molar-refractivity contribution in [1.29, 1.82) is 0 Å². The number of halogens is 3. The molecule has 3 aromatic heterocycles. The van der Waals surface area contributed by atoms with Crippen molar-refractivity contribution in [2.24, 2.45) is 5.92 Å². The average Bonchev–Trinajstić information content (AvgIpc) is 3.11. The van der Waals surface area contributed by atoms with E-state index in [2.05, 4.69) is 25.5 Å². The van der Waals surface area contributed by atoms with E-state index in [1.54, 1.807) is 10.6 Å². The Morgan fingerprint density at radius 1 is 1.36 bits per heavy atom. The summed E-state index contributed by atoms with van der Waals surface area (Å²) in [4.78, 5) is 20.5. The minimum atomic E-state index is -3.62. The van der Waals surface area contributed by atoms with Gasteiger partial charge in [-0.3, -0.25) is 14.9 Å². The topological polar surface area (TPSA) is 122 Å². The van der Waals surface area contributed by atoms with Gasteiger partial charge in [0.2, 0.25) is 5.91 Å². The highest BCUT2D eigenvalue weighted by molar-refractivity contribution is 7.90. The maximum atomic E-state index is 15.3. The smallest absolute Gasteiger partial charge is 0.231 e. The van der Waals surface area contributed by atoms with E-state index in [9.17, 15) is 17.6 Å². The number of sulfone groups is 1. The van der Waals surface area contributed by atoms with Crippen molar-refractivity contribution in [1.82, 2.24) is 24.6 Å². The molecule has 2 N–H and O–H groups in total. The highest BCUT2D eigenvalue weighted by Crippen LogP contribution is 2.41. The Labute approximate surface area is 191 Å². The van der Waals surface area contributed by atoms with Crippen LogP contribution in [0.25, 0.3) is 27.8 Å². The summed E-state index contributed by atoms with van der Waals surface area (Å²) in [5, 5.41) is 8.13. The van der Waals surface area contributed by atoms with Gasteiger partial charge in [-0.15, -0.1) is 0 Å². The summed E-state index contributed by atoms with van der Waals surface area (Å²) >= 11 is 6.37. The van der Waals surface area contributed by atoms with Gasteiger partial charge in [0, 0.05) is 29.0 Å². The van der Waals surface area contributed by atoms with Crippen LogP contribution in [0.5, 0.6) is 0 Å². The second kappa shape index (κ2) is 7.45. The fourth-order valence-electron chi connectivity index (χ4n) is 3.73. The standard InChI is InChI=1S/C20H17ClF2N6O3S/c1-8(33(2,31)32)15-18(23)17(21)16(10-4-25-28-19(10)15)12-6-29-7-13(26-14(29)5-24-12)27-20(30)9-3-11(9)22/h4-9,11H,3H2,1-2H3,(H,25,28)(H,27,30)/t8?,9-,11+/m1/s1. The number of aromatic nitrogens is 5. The van der Waals surface area contributed by atoms with Gasteiger partial charge in [0.1, 0.15) is 12.0 Å². The van der Waals surface area contributed by atoms with Crippen LogP contribution in [0.3, 0.4) is 0 Å². The number of benzene rings is 1. The number of anilines is 1. The summed E-state index contributed by atoms with van der Waals surface area (Å²) in [6, 6.07) is 0. The molecule has 0 radical (unpaired) electrons. The lowest BCUT2D eigenvalue weighted by atomic mass is 10.0. The highest BCUT2D eigenvalue weighted by Gasteiger charge is 2.43. The number of H-pyrrole nitrogens is 1. The number of hydrogen-bond donors (Lipinski definition) is 2. The number of rotatable bonds is 5. The maximum Gasteiger partial charge on any atom is 0.231 e. The lowest BCUT2D eigenvalue weighted by molar-refractivity contribution is -0.117. The van der Waals surface area contributed by atoms with E-state index in [1.165, 1.54) is 25.5 Å². The molecule has 0 aliphatic heterocycles. The third kappa shape index (κ3) is 3.62. The summed E-state index contributed by atoms with van der Waals surface area (Å²) in [7, 11) is -3.62. The fraction of sp³-hybridized carbons (Fsp3) is 0.300. The Kier molecular flexibility index (Phi) is 4.90. The number of aromatic amines is 1. The lowest BCUT2D eigenvalue weighted by Crippen LogP contribution is -2.15. The normalized spacial score (nSPS) is 19.2. The van der Waals surface area contributed by atoms with E-state index in [4.69, 9.17) is 11.6 Å². The summed E-state index contributed by atoms with van der Waals surface area (Å²) < 4.78 is 54.2. The summed E-state index contributed by atoms with van der Waals surface area (Å²) in [6.07, 6.45) is 5.98. The van der Waals surface area contributed by atoms with Crippen molar-refractivity contribution in [3.8, 4) is 11.3 Å². The molecule has 3 heterocycles. The number of imidazole rings is 1. The number of amides is 1. The zero-order valence-corrected chi connectivity index (χ0v) is 18.9. The monoisotopic (exact) mass is 494 g/mol. The Morgan fingerprint density at radius 2 is 2.09 bits per heavy atom. The number of hydrogen-bond acceptors (Lipinski definition) is 6. The predicted octanol–water partition coefficient (Wildman–Crippen LogP) is 3.47. The zero-order valence-electron chi connectivity index (χ0n) is 17.3. The molecular formula is C20H17ClF2N6O3S. The number of nitrogens with zero attached hydrogens (tertiary/aromatic N) is 4. The molecule has 1 aliphatic rings. The first-order valence-corrected chi connectivity index (χ1v) is 12.2. The van der Waals surface area contributed by atoms with Gasteiger partial charge in [-0.1, -0.05) is 11.6 Å². The number of carbonyl (C=O) groups excluding carboxylic acids is 1.